The molecule has 0 saturated carbocycles. The molecule has 0 saturated heterocycles. The summed E-state index contributed by atoms with van der Waals surface area (Å²) in [6.45, 7) is 0. The van der Waals surface area contributed by atoms with Crippen molar-refractivity contribution >= 4 is 33.3 Å². The molecule has 0 heterocycles. The third kappa shape index (κ3) is 1.88. The van der Waals surface area contributed by atoms with Gasteiger partial charge in [0.2, 0.25) is 5.78 Å². The molecule has 3 heteroatoms. The van der Waals surface area contributed by atoms with Crippen LogP contribution >= 0.6 is 27.5 Å². The molecule has 0 amide bonds. The first-order valence-corrected chi connectivity index (χ1v) is 4.28. The summed E-state index contributed by atoms with van der Waals surface area (Å²) in [6, 6.07) is 4.97. The first-order valence-electron chi connectivity index (χ1n) is 3.11. The van der Waals surface area contributed by atoms with Crippen molar-refractivity contribution in [3.63, 3.8) is 0 Å². The van der Waals surface area contributed by atoms with Gasteiger partial charge in [-0.2, -0.15) is 0 Å². The highest BCUT2D eigenvalue weighted by atomic mass is 79.9. The number of benzene rings is 1. The molecule has 60 valence electrons. The topological polar surface area (TPSA) is 17.1 Å². The van der Waals surface area contributed by atoms with Crippen molar-refractivity contribution in [2.24, 2.45) is 0 Å². The lowest BCUT2D eigenvalue weighted by molar-refractivity contribution is 0.105. The SMILES string of the molecule is C#CC(=O)c1cc(Br)ccc1Cl. The smallest absolute Gasteiger partial charge is 0.237 e. The molecule has 0 atom stereocenters. The highest BCUT2D eigenvalue weighted by Crippen LogP contribution is 2.20. The molecule has 0 spiro atoms. The van der Waals surface area contributed by atoms with E-state index in [4.69, 9.17) is 18.0 Å². The minimum absolute atomic E-state index is 0.355. The first kappa shape index (κ1) is 9.31. The van der Waals surface area contributed by atoms with Crippen LogP contribution in [0.1, 0.15) is 10.4 Å². The van der Waals surface area contributed by atoms with E-state index in [0.29, 0.717) is 10.6 Å². The minimum atomic E-state index is -0.402. The molecule has 0 bridgehead atoms. The average Bonchev–Trinajstić information content (AvgIpc) is 2.08. The average molecular weight is 243 g/mol. The van der Waals surface area contributed by atoms with Crippen LogP contribution in [0.4, 0.5) is 0 Å². The fraction of sp³-hybridized carbons (Fsp3) is 0. The third-order valence-corrected chi connectivity index (χ3v) is 2.13. The predicted molar refractivity (Wildman–Crippen MR) is 52.3 cm³/mol. The Morgan fingerprint density at radius 3 is 2.83 bits per heavy atom. The molecule has 0 aliphatic rings. The van der Waals surface area contributed by atoms with Crippen molar-refractivity contribution in [1.29, 1.82) is 0 Å². The molecule has 0 aromatic heterocycles. The fourth-order valence-corrected chi connectivity index (χ4v) is 1.31. The highest BCUT2D eigenvalue weighted by molar-refractivity contribution is 9.10. The standard InChI is InChI=1S/C9H4BrClO/c1-2-9(12)7-5-6(10)3-4-8(7)11/h1,3-5H. The van der Waals surface area contributed by atoms with Gasteiger partial charge in [-0.1, -0.05) is 27.5 Å². The molecule has 1 rings (SSSR count). The summed E-state index contributed by atoms with van der Waals surface area (Å²) in [5.74, 6) is 1.60. The van der Waals surface area contributed by atoms with Gasteiger partial charge in [-0.05, 0) is 24.1 Å². The molecule has 0 fully saturated rings. The van der Waals surface area contributed by atoms with Crippen molar-refractivity contribution in [2.45, 2.75) is 0 Å². The quantitative estimate of drug-likeness (QED) is 0.421. The molecule has 0 radical (unpaired) electrons. The van der Waals surface area contributed by atoms with Gasteiger partial charge in [-0.15, -0.1) is 6.42 Å². The van der Waals surface area contributed by atoms with Gasteiger partial charge in [0, 0.05) is 4.47 Å². The Bertz CT molecular complexity index is 365. The van der Waals surface area contributed by atoms with E-state index in [9.17, 15) is 4.79 Å². The number of carbonyl (C=O) groups is 1. The molecule has 1 aromatic rings. The van der Waals surface area contributed by atoms with Crippen LogP contribution < -0.4 is 0 Å². The van der Waals surface area contributed by atoms with Crippen molar-refractivity contribution in [3.8, 4) is 12.3 Å². The van der Waals surface area contributed by atoms with Gasteiger partial charge in [0.25, 0.3) is 0 Å². The van der Waals surface area contributed by atoms with E-state index in [1.807, 2.05) is 5.92 Å². The number of carbonyl (C=O) groups excluding carboxylic acids is 1. The molecule has 1 aromatic carbocycles. The lowest BCUT2D eigenvalue weighted by Gasteiger charge is -1.98. The Hall–Kier alpha value is -0.780. The van der Waals surface area contributed by atoms with Crippen LogP contribution in [0.25, 0.3) is 0 Å². The van der Waals surface area contributed by atoms with Gasteiger partial charge < -0.3 is 0 Å². The molecular formula is C9H4BrClO. The van der Waals surface area contributed by atoms with Gasteiger partial charge in [0.15, 0.2) is 0 Å². The number of ketones is 1. The summed E-state index contributed by atoms with van der Waals surface area (Å²) >= 11 is 8.95. The summed E-state index contributed by atoms with van der Waals surface area (Å²) in [5.41, 5.74) is 0.355. The molecule has 0 aliphatic heterocycles. The van der Waals surface area contributed by atoms with E-state index in [2.05, 4.69) is 15.9 Å². The second kappa shape index (κ2) is 3.75. The van der Waals surface area contributed by atoms with E-state index < -0.39 is 5.78 Å². The van der Waals surface area contributed by atoms with Crippen LogP contribution in [-0.4, -0.2) is 5.78 Å². The second-order valence-electron chi connectivity index (χ2n) is 2.10. The zero-order valence-corrected chi connectivity index (χ0v) is 8.32. The zero-order chi connectivity index (χ0) is 9.14. The van der Waals surface area contributed by atoms with Crippen LogP contribution in [0.15, 0.2) is 22.7 Å². The van der Waals surface area contributed by atoms with Crippen molar-refractivity contribution in [1.82, 2.24) is 0 Å². The summed E-state index contributed by atoms with van der Waals surface area (Å²) in [4.78, 5) is 11.0. The predicted octanol–water partition coefficient (Wildman–Crippen LogP) is 2.92. The lowest BCUT2D eigenvalue weighted by Crippen LogP contribution is -1.95. The third-order valence-electron chi connectivity index (χ3n) is 1.30. The molecule has 1 nitrogen and oxygen atoms in total. The molecule has 12 heavy (non-hydrogen) atoms. The maximum atomic E-state index is 11.0. The van der Waals surface area contributed by atoms with Gasteiger partial charge in [-0.25, -0.2) is 0 Å². The number of rotatable bonds is 1. The fourth-order valence-electron chi connectivity index (χ4n) is 0.749. The maximum absolute atomic E-state index is 11.0. The Morgan fingerprint density at radius 1 is 1.58 bits per heavy atom. The van der Waals surface area contributed by atoms with E-state index >= 15 is 0 Å². The maximum Gasteiger partial charge on any atom is 0.237 e. The summed E-state index contributed by atoms with van der Waals surface area (Å²) in [6.07, 6.45) is 4.95. The van der Waals surface area contributed by atoms with Gasteiger partial charge in [0.1, 0.15) is 0 Å². The summed E-state index contributed by atoms with van der Waals surface area (Å²) < 4.78 is 0.783. The lowest BCUT2D eigenvalue weighted by atomic mass is 10.1. The Balaban J connectivity index is 3.25. The Labute approximate surface area is 83.9 Å². The van der Waals surface area contributed by atoms with E-state index in [1.54, 1.807) is 18.2 Å². The molecular weight excluding hydrogens is 239 g/mol. The van der Waals surface area contributed by atoms with Crippen LogP contribution in [0.3, 0.4) is 0 Å². The van der Waals surface area contributed by atoms with Crippen LogP contribution in [-0.2, 0) is 0 Å². The number of terminal acetylenes is 1. The Kier molecular flexibility index (Phi) is 2.91. The number of Topliss-reactive ketones (excluding diaryl/α,β-unsaturated/α-hetero) is 1. The monoisotopic (exact) mass is 242 g/mol. The first-order chi connectivity index (χ1) is 5.65. The van der Waals surface area contributed by atoms with Crippen molar-refractivity contribution in [3.05, 3.63) is 33.3 Å². The van der Waals surface area contributed by atoms with E-state index in [1.165, 1.54) is 0 Å². The largest absolute Gasteiger partial charge is 0.279 e. The van der Waals surface area contributed by atoms with Gasteiger partial charge >= 0.3 is 0 Å². The summed E-state index contributed by atoms with van der Waals surface area (Å²) in [7, 11) is 0. The van der Waals surface area contributed by atoms with E-state index in [-0.39, 0.29) is 0 Å². The normalized spacial score (nSPS) is 9.08. The van der Waals surface area contributed by atoms with E-state index in [0.717, 1.165) is 4.47 Å². The zero-order valence-electron chi connectivity index (χ0n) is 5.97. The number of hydrogen-bond acceptors (Lipinski definition) is 1. The summed E-state index contributed by atoms with van der Waals surface area (Å²) in [5, 5.41) is 0.376. The molecule has 0 N–H and O–H groups in total. The van der Waals surface area contributed by atoms with Crippen LogP contribution in [0, 0.1) is 12.3 Å². The molecule has 0 aliphatic carbocycles. The number of halogens is 2. The molecule has 0 unspecified atom stereocenters. The second-order valence-corrected chi connectivity index (χ2v) is 3.42. The highest BCUT2D eigenvalue weighted by Gasteiger charge is 2.07. The number of hydrogen-bond donors (Lipinski definition) is 0. The van der Waals surface area contributed by atoms with Crippen LogP contribution in [0.2, 0.25) is 5.02 Å². The van der Waals surface area contributed by atoms with Gasteiger partial charge in [-0.3, -0.25) is 4.79 Å². The van der Waals surface area contributed by atoms with Gasteiger partial charge in [0.05, 0.1) is 10.6 Å². The van der Waals surface area contributed by atoms with Crippen LogP contribution in [0.5, 0.6) is 0 Å². The minimum Gasteiger partial charge on any atom is -0.279 e. The van der Waals surface area contributed by atoms with Crippen molar-refractivity contribution in [2.75, 3.05) is 0 Å². The Morgan fingerprint density at radius 2 is 2.25 bits per heavy atom. The van der Waals surface area contributed by atoms with Crippen molar-refractivity contribution < 1.29 is 4.79 Å².